The van der Waals surface area contributed by atoms with Gasteiger partial charge in [-0.3, -0.25) is 0 Å². The molecule has 138 valence electrons. The number of nitrogens with one attached hydrogen (secondary N) is 4. The van der Waals surface area contributed by atoms with Crippen LogP contribution in [0.1, 0.15) is 25.7 Å². The Bertz CT molecular complexity index is 605. The van der Waals surface area contributed by atoms with Gasteiger partial charge in [-0.05, 0) is 49.3 Å². The maximum atomic E-state index is 11.7. The van der Waals surface area contributed by atoms with E-state index in [2.05, 4.69) is 21.3 Å². The lowest BCUT2D eigenvalue weighted by molar-refractivity contribution is 0.252. The highest BCUT2D eigenvalue weighted by Crippen LogP contribution is 2.05. The number of para-hydroxylation sites is 2. The van der Waals surface area contributed by atoms with Gasteiger partial charge in [-0.25, -0.2) is 4.79 Å². The van der Waals surface area contributed by atoms with E-state index < -0.39 is 0 Å². The summed E-state index contributed by atoms with van der Waals surface area (Å²) < 4.78 is 0. The van der Waals surface area contributed by atoms with Crippen LogP contribution in [0.15, 0.2) is 60.7 Å². The first-order chi connectivity index (χ1) is 12.7. The van der Waals surface area contributed by atoms with Gasteiger partial charge in [0.25, 0.3) is 0 Å². The van der Waals surface area contributed by atoms with Crippen molar-refractivity contribution >= 4 is 34.7 Å². The van der Waals surface area contributed by atoms with Crippen LogP contribution >= 0.6 is 12.2 Å². The van der Waals surface area contributed by atoms with E-state index >= 15 is 0 Å². The number of rotatable bonds is 9. The minimum Gasteiger partial charge on any atom is -0.362 e. The Hall–Kier alpha value is -2.60. The van der Waals surface area contributed by atoms with Crippen LogP contribution in [-0.4, -0.2) is 24.2 Å². The second-order valence-electron chi connectivity index (χ2n) is 5.91. The average Bonchev–Trinajstić information content (AvgIpc) is 2.65. The number of amides is 2. The monoisotopic (exact) mass is 370 g/mol. The van der Waals surface area contributed by atoms with Crippen LogP contribution in [0.25, 0.3) is 0 Å². The summed E-state index contributed by atoms with van der Waals surface area (Å²) in [4.78, 5) is 11.7. The van der Waals surface area contributed by atoms with Gasteiger partial charge in [-0.15, -0.1) is 0 Å². The van der Waals surface area contributed by atoms with Crippen molar-refractivity contribution in [3.05, 3.63) is 60.7 Å². The Balaban J connectivity index is 1.43. The van der Waals surface area contributed by atoms with E-state index in [0.717, 1.165) is 43.6 Å². The molecule has 26 heavy (non-hydrogen) atoms. The third-order valence-electron chi connectivity index (χ3n) is 3.74. The molecule has 2 rings (SSSR count). The molecule has 4 N–H and O–H groups in total. The molecule has 0 aliphatic rings. The summed E-state index contributed by atoms with van der Waals surface area (Å²) in [7, 11) is 0. The Morgan fingerprint density at radius 3 is 1.77 bits per heavy atom. The van der Waals surface area contributed by atoms with Gasteiger partial charge < -0.3 is 21.3 Å². The van der Waals surface area contributed by atoms with Gasteiger partial charge in [0.2, 0.25) is 0 Å². The number of urea groups is 1. The molecule has 0 aliphatic heterocycles. The summed E-state index contributed by atoms with van der Waals surface area (Å²) in [6.07, 6.45) is 4.19. The van der Waals surface area contributed by atoms with Crippen LogP contribution in [0.2, 0.25) is 0 Å². The predicted octanol–water partition coefficient (Wildman–Crippen LogP) is 4.36. The SMILES string of the molecule is O=C(NCCCCCCNC(=S)Nc1ccccc1)Nc1ccccc1. The topological polar surface area (TPSA) is 65.2 Å². The maximum absolute atomic E-state index is 11.7. The van der Waals surface area contributed by atoms with E-state index in [4.69, 9.17) is 12.2 Å². The molecule has 0 saturated heterocycles. The Labute approximate surface area is 160 Å². The second kappa shape index (κ2) is 11.9. The smallest absolute Gasteiger partial charge is 0.319 e. The van der Waals surface area contributed by atoms with Crippen LogP contribution in [0.5, 0.6) is 0 Å². The zero-order valence-electron chi connectivity index (χ0n) is 14.8. The number of carbonyl (C=O) groups excluding carboxylic acids is 1. The number of carbonyl (C=O) groups is 1. The van der Waals surface area contributed by atoms with Gasteiger partial charge in [-0.2, -0.15) is 0 Å². The summed E-state index contributed by atoms with van der Waals surface area (Å²) in [6.45, 7) is 1.53. The van der Waals surface area contributed by atoms with Crippen LogP contribution in [0.3, 0.4) is 0 Å². The van der Waals surface area contributed by atoms with E-state index in [1.54, 1.807) is 0 Å². The quantitative estimate of drug-likeness (QED) is 0.391. The first-order valence-corrected chi connectivity index (χ1v) is 9.34. The zero-order chi connectivity index (χ0) is 18.5. The largest absolute Gasteiger partial charge is 0.362 e. The predicted molar refractivity (Wildman–Crippen MR) is 113 cm³/mol. The van der Waals surface area contributed by atoms with Crippen molar-refractivity contribution in [3.63, 3.8) is 0 Å². The van der Waals surface area contributed by atoms with Crippen molar-refractivity contribution in [1.29, 1.82) is 0 Å². The molecule has 0 fully saturated rings. The molecule has 0 atom stereocenters. The molecule has 0 radical (unpaired) electrons. The van der Waals surface area contributed by atoms with E-state index in [-0.39, 0.29) is 6.03 Å². The molecule has 2 aromatic carbocycles. The highest BCUT2D eigenvalue weighted by Gasteiger charge is 2.00. The van der Waals surface area contributed by atoms with E-state index in [1.165, 1.54) is 0 Å². The van der Waals surface area contributed by atoms with Gasteiger partial charge in [-0.1, -0.05) is 49.2 Å². The summed E-state index contributed by atoms with van der Waals surface area (Å²) in [5.41, 5.74) is 1.79. The summed E-state index contributed by atoms with van der Waals surface area (Å²) in [6, 6.07) is 19.2. The van der Waals surface area contributed by atoms with Crippen LogP contribution < -0.4 is 21.3 Å². The van der Waals surface area contributed by atoms with Crippen molar-refractivity contribution < 1.29 is 4.79 Å². The molecule has 0 aliphatic carbocycles. The van der Waals surface area contributed by atoms with Gasteiger partial charge in [0.15, 0.2) is 5.11 Å². The average molecular weight is 371 g/mol. The van der Waals surface area contributed by atoms with Gasteiger partial charge in [0, 0.05) is 24.5 Å². The van der Waals surface area contributed by atoms with Crippen molar-refractivity contribution in [1.82, 2.24) is 10.6 Å². The molecular weight excluding hydrogens is 344 g/mol. The van der Waals surface area contributed by atoms with E-state index in [0.29, 0.717) is 11.7 Å². The molecule has 2 aromatic rings. The van der Waals surface area contributed by atoms with Crippen molar-refractivity contribution in [2.75, 3.05) is 23.7 Å². The number of unbranched alkanes of at least 4 members (excludes halogenated alkanes) is 3. The minimum absolute atomic E-state index is 0.157. The third-order valence-corrected chi connectivity index (χ3v) is 3.98. The highest BCUT2D eigenvalue weighted by atomic mass is 32.1. The first-order valence-electron chi connectivity index (χ1n) is 8.94. The molecule has 0 spiro atoms. The fraction of sp³-hybridized carbons (Fsp3) is 0.300. The number of hydrogen-bond acceptors (Lipinski definition) is 2. The molecule has 0 aromatic heterocycles. The number of thiocarbonyl (C=S) groups is 1. The van der Waals surface area contributed by atoms with Crippen LogP contribution in [0, 0.1) is 0 Å². The fourth-order valence-electron chi connectivity index (χ4n) is 2.40. The number of hydrogen-bond donors (Lipinski definition) is 4. The molecule has 0 heterocycles. The molecule has 0 saturated carbocycles. The Kier molecular flexibility index (Phi) is 9.00. The molecule has 2 amide bonds. The second-order valence-corrected chi connectivity index (χ2v) is 6.32. The van der Waals surface area contributed by atoms with Crippen molar-refractivity contribution in [3.8, 4) is 0 Å². The van der Waals surface area contributed by atoms with Gasteiger partial charge >= 0.3 is 6.03 Å². The summed E-state index contributed by atoms with van der Waals surface area (Å²) in [5.74, 6) is 0. The Morgan fingerprint density at radius 2 is 1.19 bits per heavy atom. The molecule has 0 unspecified atom stereocenters. The Morgan fingerprint density at radius 1 is 0.692 bits per heavy atom. The summed E-state index contributed by atoms with van der Waals surface area (Å²) in [5, 5.41) is 12.7. The standard InChI is InChI=1S/C20H26N4OS/c25-19(23-17-11-5-3-6-12-17)21-15-9-1-2-10-16-22-20(26)24-18-13-7-4-8-14-18/h3-8,11-14H,1-2,9-10,15-16H2,(H2,21,23,25)(H2,22,24,26). The zero-order valence-corrected chi connectivity index (χ0v) is 15.6. The van der Waals surface area contributed by atoms with Crippen LogP contribution in [0.4, 0.5) is 16.2 Å². The maximum Gasteiger partial charge on any atom is 0.319 e. The number of benzene rings is 2. The third kappa shape index (κ3) is 8.48. The van der Waals surface area contributed by atoms with Crippen molar-refractivity contribution in [2.24, 2.45) is 0 Å². The van der Waals surface area contributed by atoms with Gasteiger partial charge in [0.05, 0.1) is 0 Å². The lowest BCUT2D eigenvalue weighted by Crippen LogP contribution is -2.30. The molecule has 5 nitrogen and oxygen atoms in total. The summed E-state index contributed by atoms with van der Waals surface area (Å²) >= 11 is 5.26. The minimum atomic E-state index is -0.157. The molecule has 0 bridgehead atoms. The normalized spacial score (nSPS) is 10.0. The lowest BCUT2D eigenvalue weighted by Gasteiger charge is -2.10. The highest BCUT2D eigenvalue weighted by molar-refractivity contribution is 7.80. The van der Waals surface area contributed by atoms with E-state index in [9.17, 15) is 4.79 Å². The lowest BCUT2D eigenvalue weighted by atomic mass is 10.2. The van der Waals surface area contributed by atoms with Crippen molar-refractivity contribution in [2.45, 2.75) is 25.7 Å². The number of anilines is 2. The van der Waals surface area contributed by atoms with Crippen LogP contribution in [-0.2, 0) is 0 Å². The van der Waals surface area contributed by atoms with E-state index in [1.807, 2.05) is 60.7 Å². The molecular formula is C20H26N4OS. The molecule has 6 heteroatoms. The van der Waals surface area contributed by atoms with Gasteiger partial charge in [0.1, 0.15) is 0 Å². The first kappa shape index (κ1) is 19.7. The fourth-order valence-corrected chi connectivity index (χ4v) is 2.62.